The number of hydrogen-bond donors (Lipinski definition) is 0. The van der Waals surface area contributed by atoms with Gasteiger partial charge < -0.3 is 28.4 Å². The first-order valence-corrected chi connectivity index (χ1v) is 23.3. The summed E-state index contributed by atoms with van der Waals surface area (Å²) in [6.45, 7) is 19.2. The molecule has 0 rings (SSSR count). The van der Waals surface area contributed by atoms with Crippen molar-refractivity contribution in [1.82, 2.24) is 0 Å². The molecule has 277 valence electrons. The third-order valence-electron chi connectivity index (χ3n) is 9.58. The van der Waals surface area contributed by atoms with Gasteiger partial charge in [-0.3, -0.25) is 0 Å². The van der Waals surface area contributed by atoms with E-state index < -0.39 is 24.1 Å². The average molecular weight is 844 g/mol. The molecule has 0 N–H and O–H groups in total. The Morgan fingerprint density at radius 2 is 0.543 bits per heavy atom. The molecule has 0 aromatic heterocycles. The Hall–Kier alpha value is 1.92. The summed E-state index contributed by atoms with van der Waals surface area (Å²) in [5.41, 5.74) is -0.107. The molecule has 10 heteroatoms. The van der Waals surface area contributed by atoms with Crippen LogP contribution in [0.2, 0.25) is 0 Å². The number of unbranched alkanes of at least 4 members (excludes halogenated alkanes) is 6. The molecule has 0 aliphatic carbocycles. The van der Waals surface area contributed by atoms with E-state index in [1.165, 1.54) is 0 Å². The summed E-state index contributed by atoms with van der Waals surface area (Å²) >= 11 is 0. The van der Waals surface area contributed by atoms with E-state index in [4.69, 9.17) is 0 Å². The van der Waals surface area contributed by atoms with Crippen molar-refractivity contribution in [2.75, 3.05) is 0 Å². The van der Waals surface area contributed by atoms with E-state index in [1.54, 1.807) is 0 Å². The third kappa shape index (κ3) is 29.6. The largest absolute Gasteiger partial charge is 3.00 e. The molecule has 9 atom stereocenters. The van der Waals surface area contributed by atoms with E-state index in [0.717, 1.165) is 135 Å². The molecule has 0 saturated heterocycles. The zero-order chi connectivity index (χ0) is 35.0. The van der Waals surface area contributed by atoms with Crippen molar-refractivity contribution in [2.24, 2.45) is 17.8 Å². The first-order chi connectivity index (χ1) is 21.5. The van der Waals surface area contributed by atoms with Gasteiger partial charge in [0.1, 0.15) is 0 Å². The van der Waals surface area contributed by atoms with Crippen LogP contribution in [0.3, 0.4) is 0 Å². The van der Waals surface area contributed by atoms with Crippen molar-refractivity contribution < 1.29 is 69.2 Å². The number of rotatable bonds is 27. The van der Waals surface area contributed by atoms with Gasteiger partial charge in [-0.1, -0.05) is 159 Å². The van der Waals surface area contributed by atoms with Gasteiger partial charge in [-0.15, -0.1) is 0 Å². The van der Waals surface area contributed by atoms with Gasteiger partial charge in [0.15, 0.2) is 0 Å². The van der Waals surface area contributed by atoms with Gasteiger partial charge in [-0.25, -0.2) is 0 Å². The van der Waals surface area contributed by atoms with Crippen LogP contribution in [0.4, 0.5) is 0 Å². The Kier molecular flexibility index (Phi) is 47.2. The maximum absolute atomic E-state index is 11.2. The molecular weight excluding hydrogens is 766 g/mol. The molecule has 0 aromatic carbocycles. The minimum atomic E-state index is -2.59. The van der Waals surface area contributed by atoms with Crippen molar-refractivity contribution in [3.05, 3.63) is 0 Å². The topological polar surface area (TPSA) is 120 Å². The zero-order valence-corrected chi connectivity index (χ0v) is 38.0. The normalized spacial score (nSPS) is 17.0. The van der Waals surface area contributed by atoms with Gasteiger partial charge in [0.05, 0.1) is 0 Å². The van der Waals surface area contributed by atoms with Crippen LogP contribution in [0, 0.1) is 58.6 Å². The Balaban J connectivity index is -0.000000285. The molecular formula is C36H78NdO6P3. The predicted molar refractivity (Wildman–Crippen MR) is 197 cm³/mol. The quantitative estimate of drug-likeness (QED) is 0.0759. The zero-order valence-electron chi connectivity index (χ0n) is 31.8. The van der Waals surface area contributed by atoms with E-state index in [-0.39, 0.29) is 57.8 Å². The Labute approximate surface area is 322 Å². The third-order valence-corrected chi connectivity index (χ3v) is 13.7. The van der Waals surface area contributed by atoms with Crippen LogP contribution < -0.4 is 14.7 Å². The van der Waals surface area contributed by atoms with Gasteiger partial charge >= 0.3 is 40.8 Å². The molecule has 0 saturated carbocycles. The molecule has 0 heterocycles. The monoisotopic (exact) mass is 841 g/mol. The first kappa shape index (κ1) is 54.7. The van der Waals surface area contributed by atoms with Gasteiger partial charge in [0.25, 0.3) is 0 Å². The second-order valence-corrected chi connectivity index (χ2v) is 17.3. The first-order valence-electron chi connectivity index (χ1n) is 19.1. The number of hydrogen-bond acceptors (Lipinski definition) is 6. The molecule has 46 heavy (non-hydrogen) atoms. The summed E-state index contributed by atoms with van der Waals surface area (Å²) in [5.74, 6) is 1.21. The smallest absolute Gasteiger partial charge is 0.801 e. The fraction of sp³-hybridized carbons (Fsp3) is 1.00. The van der Waals surface area contributed by atoms with Crippen molar-refractivity contribution in [1.29, 1.82) is 0 Å². The van der Waals surface area contributed by atoms with E-state index in [2.05, 4.69) is 62.3 Å². The van der Waals surface area contributed by atoms with Gasteiger partial charge in [0.2, 0.25) is 0 Å². The summed E-state index contributed by atoms with van der Waals surface area (Å²) in [6.07, 6.45) is 22.3. The van der Waals surface area contributed by atoms with Crippen LogP contribution in [0.1, 0.15) is 197 Å². The predicted octanol–water partition coefficient (Wildman–Crippen LogP) is 10.8. The Morgan fingerprint density at radius 3 is 0.674 bits per heavy atom. The van der Waals surface area contributed by atoms with Crippen molar-refractivity contribution in [3.8, 4) is 0 Å². The summed E-state index contributed by atoms with van der Waals surface area (Å²) in [5, 5.41) is 0. The second kappa shape index (κ2) is 39.7. The average Bonchev–Trinajstić information content (AvgIpc) is 3.02. The van der Waals surface area contributed by atoms with Crippen molar-refractivity contribution >= 4 is 24.1 Å². The van der Waals surface area contributed by atoms with Gasteiger partial charge in [-0.05, 0) is 56.3 Å². The molecule has 0 bridgehead atoms. The fourth-order valence-corrected chi connectivity index (χ4v) is 10.1. The van der Waals surface area contributed by atoms with E-state index in [1.807, 2.05) is 0 Å². The molecule has 0 aliphatic rings. The van der Waals surface area contributed by atoms with Crippen LogP contribution in [-0.4, -0.2) is 17.0 Å². The SMILES string of the molecule is CCCCC(CC)C(CCCC)[PH](=O)[O-].CCCCC(CC)C(CCCC)[PH](=O)[O-].CCCCC(CC)C(CCCC)[PH](=O)[O-].[Nd+3]. The molecule has 0 aliphatic heterocycles. The molecule has 0 amide bonds. The van der Waals surface area contributed by atoms with Crippen LogP contribution in [0.5, 0.6) is 0 Å². The summed E-state index contributed by atoms with van der Waals surface area (Å²) < 4.78 is 33.7. The fourth-order valence-electron chi connectivity index (χ4n) is 6.38. The Bertz CT molecular complexity index is 610. The molecule has 0 aromatic rings. The van der Waals surface area contributed by atoms with Crippen LogP contribution in [0.25, 0.3) is 0 Å². The van der Waals surface area contributed by atoms with E-state index in [9.17, 15) is 28.4 Å². The standard InChI is InChI=1S/3C12H27O2P.Nd/c3*1-4-7-9-11(6-3)12(15(13)14)10-8-5-2;/h3*11-12,15H,4-10H2,1-3H3,(H,13,14);/q;;;+3/p-3. The maximum atomic E-state index is 11.2. The van der Waals surface area contributed by atoms with Crippen LogP contribution in [0.15, 0.2) is 0 Å². The molecule has 0 fully saturated rings. The van der Waals surface area contributed by atoms with Crippen molar-refractivity contribution in [2.45, 2.75) is 214 Å². The minimum absolute atomic E-state index is 0. The molecule has 9 unspecified atom stereocenters. The van der Waals surface area contributed by atoms with Gasteiger partial charge in [-0.2, -0.15) is 0 Å². The second-order valence-electron chi connectivity index (χ2n) is 13.1. The summed E-state index contributed by atoms with van der Waals surface area (Å²) in [4.78, 5) is 33.7. The Morgan fingerprint density at radius 1 is 0.370 bits per heavy atom. The summed E-state index contributed by atoms with van der Waals surface area (Å²) in [7, 11) is -7.76. The van der Waals surface area contributed by atoms with Crippen molar-refractivity contribution in [3.63, 3.8) is 0 Å². The van der Waals surface area contributed by atoms with Gasteiger partial charge in [0, 0.05) is 41.1 Å². The maximum Gasteiger partial charge on any atom is 3.00 e. The molecule has 6 nitrogen and oxygen atoms in total. The summed E-state index contributed by atoms with van der Waals surface area (Å²) in [6, 6.07) is 0. The molecule has 0 spiro atoms. The van der Waals surface area contributed by atoms with Crippen LogP contribution in [-0.2, 0) is 13.7 Å². The minimum Gasteiger partial charge on any atom is -0.801 e. The van der Waals surface area contributed by atoms with E-state index in [0.29, 0.717) is 17.8 Å². The molecule has 1 radical (unpaired) electrons. The van der Waals surface area contributed by atoms with Crippen LogP contribution >= 0.6 is 24.1 Å². The van der Waals surface area contributed by atoms with E-state index >= 15 is 0 Å².